The molecule has 3 aromatic carbocycles. The number of ether oxygens (including phenoxy) is 3. The summed E-state index contributed by atoms with van der Waals surface area (Å²) in [5.41, 5.74) is 2.74. The van der Waals surface area contributed by atoms with Crippen molar-refractivity contribution in [1.82, 2.24) is 9.55 Å². The lowest BCUT2D eigenvalue weighted by Gasteiger charge is -2.09. The van der Waals surface area contributed by atoms with Gasteiger partial charge in [0, 0.05) is 11.8 Å². The Labute approximate surface area is 201 Å². The molecule has 1 aromatic heterocycles. The first-order valence-electron chi connectivity index (χ1n) is 10.7. The fourth-order valence-corrected chi connectivity index (χ4v) is 3.59. The Morgan fingerprint density at radius 2 is 1.63 bits per heavy atom. The van der Waals surface area contributed by atoms with Gasteiger partial charge in [0.05, 0.1) is 32.7 Å². The summed E-state index contributed by atoms with van der Waals surface area (Å²) >= 11 is 0. The topological polar surface area (TPSA) is 103 Å². The maximum absolute atomic E-state index is 12.8. The summed E-state index contributed by atoms with van der Waals surface area (Å²) in [6.45, 7) is 0. The van der Waals surface area contributed by atoms with Crippen molar-refractivity contribution in [2.24, 2.45) is 0 Å². The van der Waals surface area contributed by atoms with Gasteiger partial charge in [-0.25, -0.2) is 4.79 Å². The van der Waals surface area contributed by atoms with Crippen molar-refractivity contribution in [3.8, 4) is 39.9 Å². The van der Waals surface area contributed by atoms with Crippen molar-refractivity contribution in [3.63, 3.8) is 0 Å². The van der Waals surface area contributed by atoms with Gasteiger partial charge < -0.3 is 24.3 Å². The van der Waals surface area contributed by atoms with Crippen molar-refractivity contribution in [2.45, 2.75) is 0 Å². The molecule has 0 radical (unpaired) electrons. The smallest absolute Gasteiger partial charge is 0.330 e. The van der Waals surface area contributed by atoms with E-state index in [0.717, 1.165) is 11.3 Å². The van der Waals surface area contributed by atoms with E-state index < -0.39 is 0 Å². The van der Waals surface area contributed by atoms with Gasteiger partial charge in [-0.2, -0.15) is 0 Å². The predicted octanol–water partition coefficient (Wildman–Crippen LogP) is 4.46. The first-order chi connectivity index (χ1) is 16.9. The standard InChI is InChI=1S/C27H24N2O6/c1-33-21-10-8-18(9-11-21)22-16-29(27(32)28-22)20-6-4-5-19(15-20)23(30)12-7-17-13-24(34-2)26(31)25(14-17)35-3/h4-16,31H,1-3H3,(H,28,32). The number of phenols is 1. The van der Waals surface area contributed by atoms with Crippen LogP contribution in [0.2, 0.25) is 0 Å². The number of imidazole rings is 1. The molecule has 0 aliphatic carbocycles. The van der Waals surface area contributed by atoms with E-state index in [1.165, 1.54) is 24.9 Å². The van der Waals surface area contributed by atoms with Gasteiger partial charge in [0.25, 0.3) is 0 Å². The molecule has 0 fully saturated rings. The Morgan fingerprint density at radius 3 is 2.26 bits per heavy atom. The fourth-order valence-electron chi connectivity index (χ4n) is 3.59. The van der Waals surface area contributed by atoms with Crippen molar-refractivity contribution < 1.29 is 24.1 Å². The summed E-state index contributed by atoms with van der Waals surface area (Å²) in [6, 6.07) is 17.3. The average Bonchev–Trinajstić information content (AvgIpc) is 3.29. The zero-order chi connectivity index (χ0) is 24.9. The number of phenolic OH excluding ortho intramolecular Hbond substituents is 1. The van der Waals surface area contributed by atoms with Gasteiger partial charge in [0.15, 0.2) is 17.3 Å². The number of carbonyl (C=O) groups is 1. The number of aromatic nitrogens is 2. The lowest BCUT2D eigenvalue weighted by molar-refractivity contribution is 0.104. The van der Waals surface area contributed by atoms with Crippen LogP contribution < -0.4 is 19.9 Å². The van der Waals surface area contributed by atoms with Crippen molar-refractivity contribution >= 4 is 11.9 Å². The number of methoxy groups -OCH3 is 3. The Morgan fingerprint density at radius 1 is 0.943 bits per heavy atom. The molecule has 0 amide bonds. The van der Waals surface area contributed by atoms with Crippen LogP contribution in [0.15, 0.2) is 77.7 Å². The number of allylic oxidation sites excluding steroid dienone is 1. The van der Waals surface area contributed by atoms with Crippen LogP contribution >= 0.6 is 0 Å². The summed E-state index contributed by atoms with van der Waals surface area (Å²) in [5.74, 6) is 0.823. The van der Waals surface area contributed by atoms with Crippen molar-refractivity contribution in [2.75, 3.05) is 21.3 Å². The average molecular weight is 472 g/mol. The first kappa shape index (κ1) is 23.4. The third-order valence-electron chi connectivity index (χ3n) is 5.46. The zero-order valence-corrected chi connectivity index (χ0v) is 19.4. The van der Waals surface area contributed by atoms with E-state index >= 15 is 0 Å². The molecule has 0 aliphatic heterocycles. The molecule has 0 bridgehead atoms. The van der Waals surface area contributed by atoms with Crippen LogP contribution in [0.1, 0.15) is 15.9 Å². The van der Waals surface area contributed by atoms with E-state index in [2.05, 4.69) is 4.98 Å². The maximum Gasteiger partial charge on any atom is 0.330 e. The Hall–Kier alpha value is -4.72. The number of carbonyl (C=O) groups excluding carboxylic acids is 1. The van der Waals surface area contributed by atoms with E-state index in [0.29, 0.717) is 22.5 Å². The molecule has 178 valence electrons. The second-order valence-corrected chi connectivity index (χ2v) is 7.59. The quantitative estimate of drug-likeness (QED) is 0.290. The molecule has 4 rings (SSSR count). The van der Waals surface area contributed by atoms with Crippen LogP contribution in [0.4, 0.5) is 0 Å². The van der Waals surface area contributed by atoms with Gasteiger partial charge >= 0.3 is 5.69 Å². The molecule has 2 N–H and O–H groups in total. The highest BCUT2D eigenvalue weighted by Gasteiger charge is 2.12. The monoisotopic (exact) mass is 472 g/mol. The van der Waals surface area contributed by atoms with E-state index in [-0.39, 0.29) is 28.7 Å². The largest absolute Gasteiger partial charge is 0.502 e. The van der Waals surface area contributed by atoms with Crippen LogP contribution in [0, 0.1) is 0 Å². The number of H-pyrrole nitrogens is 1. The third-order valence-corrected chi connectivity index (χ3v) is 5.46. The molecule has 8 nitrogen and oxygen atoms in total. The number of hydrogen-bond donors (Lipinski definition) is 2. The zero-order valence-electron chi connectivity index (χ0n) is 19.4. The molecule has 4 aromatic rings. The molecule has 0 aliphatic rings. The number of aromatic hydroxyl groups is 1. The molecular weight excluding hydrogens is 448 g/mol. The van der Waals surface area contributed by atoms with Gasteiger partial charge in [-0.1, -0.05) is 18.2 Å². The SMILES string of the molecule is COc1ccc(-c2cn(-c3cccc(C(=O)C=Cc4cc(OC)c(O)c(OC)c4)c3)c(=O)[nH]2)cc1. The number of nitrogens with one attached hydrogen (secondary N) is 1. The van der Waals surface area contributed by atoms with Gasteiger partial charge in [-0.15, -0.1) is 0 Å². The van der Waals surface area contributed by atoms with Crippen LogP contribution in [-0.2, 0) is 0 Å². The molecule has 0 spiro atoms. The lowest BCUT2D eigenvalue weighted by atomic mass is 10.1. The maximum atomic E-state index is 12.8. The van der Waals surface area contributed by atoms with Crippen LogP contribution in [0.25, 0.3) is 23.0 Å². The molecular formula is C27H24N2O6. The Bertz CT molecular complexity index is 1420. The minimum atomic E-state index is -0.320. The summed E-state index contributed by atoms with van der Waals surface area (Å²) in [4.78, 5) is 28.3. The molecule has 1 heterocycles. The summed E-state index contributed by atoms with van der Waals surface area (Å²) in [7, 11) is 4.46. The van der Waals surface area contributed by atoms with Crippen LogP contribution in [-0.4, -0.2) is 41.8 Å². The second kappa shape index (κ2) is 10.0. The number of aromatic amines is 1. The number of hydrogen-bond acceptors (Lipinski definition) is 6. The number of ketones is 1. The van der Waals surface area contributed by atoms with Gasteiger partial charge in [-0.05, 0) is 65.7 Å². The van der Waals surface area contributed by atoms with Gasteiger partial charge in [-0.3, -0.25) is 9.36 Å². The number of nitrogens with zero attached hydrogens (tertiary/aromatic N) is 1. The van der Waals surface area contributed by atoms with E-state index in [9.17, 15) is 14.7 Å². The highest BCUT2D eigenvalue weighted by atomic mass is 16.5. The summed E-state index contributed by atoms with van der Waals surface area (Å²) in [6.07, 6.45) is 4.70. The molecule has 0 atom stereocenters. The van der Waals surface area contributed by atoms with E-state index in [4.69, 9.17) is 14.2 Å². The van der Waals surface area contributed by atoms with Gasteiger partial charge in [0.1, 0.15) is 5.75 Å². The Balaban J connectivity index is 1.59. The first-order valence-corrected chi connectivity index (χ1v) is 10.7. The van der Waals surface area contributed by atoms with Crippen LogP contribution in [0.3, 0.4) is 0 Å². The summed E-state index contributed by atoms with van der Waals surface area (Å²) in [5, 5.41) is 10.1. The highest BCUT2D eigenvalue weighted by Crippen LogP contribution is 2.37. The summed E-state index contributed by atoms with van der Waals surface area (Å²) < 4.78 is 16.9. The van der Waals surface area contributed by atoms with Crippen molar-refractivity contribution in [1.29, 1.82) is 0 Å². The van der Waals surface area contributed by atoms with Crippen molar-refractivity contribution in [3.05, 3.63) is 94.5 Å². The third kappa shape index (κ3) is 4.96. The minimum Gasteiger partial charge on any atom is -0.502 e. The second-order valence-electron chi connectivity index (χ2n) is 7.59. The minimum absolute atomic E-state index is 0.114. The number of rotatable bonds is 8. The highest BCUT2D eigenvalue weighted by molar-refractivity contribution is 6.07. The van der Waals surface area contributed by atoms with Gasteiger partial charge in [0.2, 0.25) is 5.75 Å². The Kier molecular flexibility index (Phi) is 6.73. The molecule has 0 saturated heterocycles. The molecule has 0 unspecified atom stereocenters. The van der Waals surface area contributed by atoms with E-state index in [1.54, 1.807) is 55.8 Å². The van der Waals surface area contributed by atoms with Crippen LogP contribution in [0.5, 0.6) is 23.0 Å². The normalized spacial score (nSPS) is 10.9. The fraction of sp³-hybridized carbons (Fsp3) is 0.111. The molecule has 0 saturated carbocycles. The lowest BCUT2D eigenvalue weighted by Crippen LogP contribution is -2.14. The molecule has 35 heavy (non-hydrogen) atoms. The predicted molar refractivity (Wildman–Crippen MR) is 133 cm³/mol. The van der Waals surface area contributed by atoms with E-state index in [1.807, 2.05) is 24.3 Å². The number of benzene rings is 3. The molecule has 8 heteroatoms.